The summed E-state index contributed by atoms with van der Waals surface area (Å²) in [7, 11) is 0. The van der Waals surface area contributed by atoms with E-state index in [1.165, 1.54) is 0 Å². The molecule has 0 bridgehead atoms. The molecule has 0 spiro atoms. The quantitative estimate of drug-likeness (QED) is 0.741. The van der Waals surface area contributed by atoms with Gasteiger partial charge in [0.1, 0.15) is 6.04 Å². The summed E-state index contributed by atoms with van der Waals surface area (Å²) in [6.07, 6.45) is 2.12. The summed E-state index contributed by atoms with van der Waals surface area (Å²) in [6.45, 7) is 9.50. The van der Waals surface area contributed by atoms with Crippen LogP contribution in [-0.4, -0.2) is 47.7 Å². The molecule has 0 amide bonds. The third kappa shape index (κ3) is 4.49. The van der Waals surface area contributed by atoms with E-state index in [-0.39, 0.29) is 0 Å². The lowest BCUT2D eigenvalue weighted by Gasteiger charge is -2.34. The molecule has 4 nitrogen and oxygen atoms in total. The molecule has 16 heavy (non-hydrogen) atoms. The van der Waals surface area contributed by atoms with Crippen molar-refractivity contribution >= 4 is 5.97 Å². The number of carboxylic acids is 1. The lowest BCUT2D eigenvalue weighted by molar-refractivity contribution is -0.139. The summed E-state index contributed by atoms with van der Waals surface area (Å²) in [5, 5.41) is 12.0. The summed E-state index contributed by atoms with van der Waals surface area (Å²) in [5.74, 6) is -0.0490. The van der Waals surface area contributed by atoms with E-state index in [9.17, 15) is 4.79 Å². The van der Waals surface area contributed by atoms with Crippen molar-refractivity contribution in [1.82, 2.24) is 10.2 Å². The van der Waals surface area contributed by atoms with Crippen LogP contribution in [0.5, 0.6) is 0 Å². The molecule has 1 atom stereocenters. The predicted octanol–water partition coefficient (Wildman–Crippen LogP) is 1.17. The molecular weight excluding hydrogens is 204 g/mol. The van der Waals surface area contributed by atoms with Crippen molar-refractivity contribution in [2.75, 3.05) is 19.6 Å². The second-order valence-electron chi connectivity index (χ2n) is 5.20. The van der Waals surface area contributed by atoms with Crippen molar-refractivity contribution in [2.45, 2.75) is 45.7 Å². The van der Waals surface area contributed by atoms with Crippen LogP contribution in [0, 0.1) is 5.92 Å². The Balaban J connectivity index is 2.24. The summed E-state index contributed by atoms with van der Waals surface area (Å²) in [5.41, 5.74) is 0. The van der Waals surface area contributed by atoms with E-state index >= 15 is 0 Å². The maximum atomic E-state index is 10.7. The van der Waals surface area contributed by atoms with Crippen LogP contribution >= 0.6 is 0 Å². The minimum atomic E-state index is -0.760. The third-order valence-electron chi connectivity index (χ3n) is 3.07. The maximum Gasteiger partial charge on any atom is 0.320 e. The summed E-state index contributed by atoms with van der Waals surface area (Å²) in [4.78, 5) is 13.2. The van der Waals surface area contributed by atoms with Crippen molar-refractivity contribution in [3.8, 4) is 0 Å². The summed E-state index contributed by atoms with van der Waals surface area (Å²) in [6, 6.07) is -0.0591. The molecule has 1 aliphatic rings. The molecule has 1 unspecified atom stereocenters. The van der Waals surface area contributed by atoms with Gasteiger partial charge >= 0.3 is 5.97 Å². The zero-order valence-electron chi connectivity index (χ0n) is 10.6. The number of carbonyl (C=O) groups is 1. The molecule has 0 aromatic carbocycles. The smallest absolute Gasteiger partial charge is 0.320 e. The Morgan fingerprint density at radius 3 is 2.38 bits per heavy atom. The molecule has 1 aliphatic heterocycles. The van der Waals surface area contributed by atoms with Gasteiger partial charge in [0.2, 0.25) is 0 Å². The van der Waals surface area contributed by atoms with Crippen LogP contribution in [0.15, 0.2) is 0 Å². The SMILES string of the molecule is CC(C)CN1CCC(NC(C)C(=O)O)CC1. The first-order valence-corrected chi connectivity index (χ1v) is 6.20. The first kappa shape index (κ1) is 13.5. The Morgan fingerprint density at radius 2 is 1.94 bits per heavy atom. The van der Waals surface area contributed by atoms with Gasteiger partial charge in [-0.1, -0.05) is 13.8 Å². The Hall–Kier alpha value is -0.610. The third-order valence-corrected chi connectivity index (χ3v) is 3.07. The molecule has 1 saturated heterocycles. The first-order chi connectivity index (χ1) is 7.49. The normalized spacial score (nSPS) is 21.2. The van der Waals surface area contributed by atoms with Gasteiger partial charge in [-0.15, -0.1) is 0 Å². The minimum Gasteiger partial charge on any atom is -0.480 e. The molecule has 1 rings (SSSR count). The lowest BCUT2D eigenvalue weighted by atomic mass is 10.0. The Bertz CT molecular complexity index is 223. The molecule has 0 radical (unpaired) electrons. The van der Waals surface area contributed by atoms with Crippen LogP contribution < -0.4 is 5.32 Å². The zero-order chi connectivity index (χ0) is 12.1. The summed E-state index contributed by atoms with van der Waals surface area (Å²) >= 11 is 0. The van der Waals surface area contributed by atoms with Crippen molar-refractivity contribution in [1.29, 1.82) is 0 Å². The number of carboxylic acid groups (broad SMARTS) is 1. The highest BCUT2D eigenvalue weighted by Gasteiger charge is 2.22. The Labute approximate surface area is 98.0 Å². The highest BCUT2D eigenvalue weighted by Crippen LogP contribution is 2.12. The number of piperidine rings is 1. The van der Waals surface area contributed by atoms with Crippen LogP contribution in [0.2, 0.25) is 0 Å². The Kier molecular flexibility index (Phi) is 5.22. The van der Waals surface area contributed by atoms with Gasteiger partial charge in [-0.25, -0.2) is 0 Å². The van der Waals surface area contributed by atoms with Crippen LogP contribution in [0.25, 0.3) is 0 Å². The predicted molar refractivity (Wildman–Crippen MR) is 64.5 cm³/mol. The fraction of sp³-hybridized carbons (Fsp3) is 0.917. The molecule has 0 aliphatic carbocycles. The van der Waals surface area contributed by atoms with E-state index in [2.05, 4.69) is 24.1 Å². The molecule has 1 heterocycles. The van der Waals surface area contributed by atoms with E-state index in [0.29, 0.717) is 12.0 Å². The van der Waals surface area contributed by atoms with Gasteiger partial charge in [-0.05, 0) is 38.8 Å². The standard InChI is InChI=1S/C12H24N2O2/c1-9(2)8-14-6-4-11(5-7-14)13-10(3)12(15)16/h9-11,13H,4-8H2,1-3H3,(H,15,16). The molecule has 0 aromatic rings. The second kappa shape index (κ2) is 6.21. The molecule has 0 saturated carbocycles. The molecule has 1 fully saturated rings. The average molecular weight is 228 g/mol. The largest absolute Gasteiger partial charge is 0.480 e. The van der Waals surface area contributed by atoms with Crippen molar-refractivity contribution in [2.24, 2.45) is 5.92 Å². The van der Waals surface area contributed by atoms with E-state index in [1.54, 1.807) is 6.92 Å². The van der Waals surface area contributed by atoms with Gasteiger partial charge in [0.05, 0.1) is 0 Å². The van der Waals surface area contributed by atoms with Crippen LogP contribution in [0.3, 0.4) is 0 Å². The lowest BCUT2D eigenvalue weighted by Crippen LogP contribution is -2.48. The number of aliphatic carboxylic acids is 1. The van der Waals surface area contributed by atoms with E-state index in [4.69, 9.17) is 5.11 Å². The van der Waals surface area contributed by atoms with Gasteiger partial charge in [-0.2, -0.15) is 0 Å². The highest BCUT2D eigenvalue weighted by molar-refractivity contribution is 5.72. The monoisotopic (exact) mass is 228 g/mol. The van der Waals surface area contributed by atoms with Crippen molar-refractivity contribution in [3.63, 3.8) is 0 Å². The number of hydrogen-bond acceptors (Lipinski definition) is 3. The zero-order valence-corrected chi connectivity index (χ0v) is 10.6. The number of nitrogens with one attached hydrogen (secondary N) is 1. The van der Waals surface area contributed by atoms with Gasteiger partial charge in [0.25, 0.3) is 0 Å². The second-order valence-corrected chi connectivity index (χ2v) is 5.20. The molecule has 94 valence electrons. The fourth-order valence-electron chi connectivity index (χ4n) is 2.22. The average Bonchev–Trinajstić information content (AvgIpc) is 2.20. The van der Waals surface area contributed by atoms with Crippen molar-refractivity contribution in [3.05, 3.63) is 0 Å². The molecule has 0 aromatic heterocycles. The number of likely N-dealkylation sites (tertiary alicyclic amines) is 1. The van der Waals surface area contributed by atoms with Gasteiger partial charge in [-0.3, -0.25) is 4.79 Å². The van der Waals surface area contributed by atoms with Crippen LogP contribution in [0.1, 0.15) is 33.6 Å². The van der Waals surface area contributed by atoms with Gasteiger partial charge in [0, 0.05) is 12.6 Å². The fourth-order valence-corrected chi connectivity index (χ4v) is 2.22. The molecular formula is C12H24N2O2. The summed E-state index contributed by atoms with van der Waals surface area (Å²) < 4.78 is 0. The highest BCUT2D eigenvalue weighted by atomic mass is 16.4. The van der Waals surface area contributed by atoms with Crippen LogP contribution in [0.4, 0.5) is 0 Å². The van der Waals surface area contributed by atoms with E-state index in [0.717, 1.165) is 32.5 Å². The molecule has 2 N–H and O–H groups in total. The Morgan fingerprint density at radius 1 is 1.38 bits per heavy atom. The topological polar surface area (TPSA) is 52.6 Å². The minimum absolute atomic E-state index is 0.370. The number of rotatable bonds is 5. The first-order valence-electron chi connectivity index (χ1n) is 6.20. The van der Waals surface area contributed by atoms with Crippen LogP contribution in [-0.2, 0) is 4.79 Å². The van der Waals surface area contributed by atoms with E-state index in [1.807, 2.05) is 0 Å². The number of nitrogens with zero attached hydrogens (tertiary/aromatic N) is 1. The number of hydrogen-bond donors (Lipinski definition) is 2. The van der Waals surface area contributed by atoms with Crippen molar-refractivity contribution < 1.29 is 9.90 Å². The van der Waals surface area contributed by atoms with Gasteiger partial charge in [0.15, 0.2) is 0 Å². The maximum absolute atomic E-state index is 10.7. The molecule has 4 heteroatoms. The van der Waals surface area contributed by atoms with E-state index < -0.39 is 12.0 Å². The van der Waals surface area contributed by atoms with Gasteiger partial charge < -0.3 is 15.3 Å².